The summed E-state index contributed by atoms with van der Waals surface area (Å²) in [4.78, 5) is 35.1. The molecule has 0 aromatic heterocycles. The summed E-state index contributed by atoms with van der Waals surface area (Å²) in [5.74, 6) is -6.65. The molecule has 2 rings (SSSR count). The molecule has 1 fully saturated rings. The van der Waals surface area contributed by atoms with Crippen LogP contribution >= 0.6 is 0 Å². The van der Waals surface area contributed by atoms with Crippen LogP contribution in [0.15, 0.2) is 12.1 Å². The Kier molecular flexibility index (Phi) is 5.02. The highest BCUT2D eigenvalue weighted by Gasteiger charge is 2.33. The van der Waals surface area contributed by atoms with Crippen molar-refractivity contribution in [3.05, 3.63) is 35.1 Å². The van der Waals surface area contributed by atoms with Gasteiger partial charge in [-0.2, -0.15) is 0 Å². The molecule has 5 nitrogen and oxygen atoms in total. The third kappa shape index (κ3) is 3.88. The van der Waals surface area contributed by atoms with E-state index in [0.29, 0.717) is 31.4 Å². The van der Waals surface area contributed by atoms with E-state index in [4.69, 9.17) is 5.73 Å². The first-order valence-corrected chi connectivity index (χ1v) is 7.06. The molecule has 3 N–H and O–H groups in total. The molecule has 1 aromatic rings. The largest absolute Gasteiger partial charge is 0.368 e. The lowest BCUT2D eigenvalue weighted by Crippen LogP contribution is -2.50. The van der Waals surface area contributed by atoms with Crippen LogP contribution in [0.5, 0.6) is 0 Å². The van der Waals surface area contributed by atoms with Gasteiger partial charge in [-0.1, -0.05) is 0 Å². The molecule has 0 radical (unpaired) electrons. The minimum atomic E-state index is -1.39. The molecule has 2 amide bonds. The van der Waals surface area contributed by atoms with Gasteiger partial charge >= 0.3 is 0 Å². The lowest BCUT2D eigenvalue weighted by Gasteiger charge is -2.28. The Hall–Kier alpha value is -2.38. The highest BCUT2D eigenvalue weighted by atomic mass is 19.1. The molecular formula is C15H15F3N2O3. The van der Waals surface area contributed by atoms with Gasteiger partial charge in [0.15, 0.2) is 0 Å². The average molecular weight is 328 g/mol. The molecule has 1 aromatic carbocycles. The van der Waals surface area contributed by atoms with Gasteiger partial charge in [0.05, 0.1) is 0 Å². The van der Waals surface area contributed by atoms with E-state index >= 15 is 0 Å². The van der Waals surface area contributed by atoms with Crippen molar-refractivity contribution in [3.8, 4) is 0 Å². The van der Waals surface area contributed by atoms with Crippen LogP contribution in [0.2, 0.25) is 0 Å². The van der Waals surface area contributed by atoms with E-state index in [0.717, 1.165) is 0 Å². The second-order valence-corrected chi connectivity index (χ2v) is 5.49. The highest BCUT2D eigenvalue weighted by Crippen LogP contribution is 2.25. The van der Waals surface area contributed by atoms with Gasteiger partial charge in [0.2, 0.25) is 5.91 Å². The minimum Gasteiger partial charge on any atom is -0.368 e. The predicted octanol–water partition coefficient (Wildman–Crippen LogP) is 1.45. The zero-order valence-electron chi connectivity index (χ0n) is 12.1. The van der Waals surface area contributed by atoms with Gasteiger partial charge in [0.25, 0.3) is 5.91 Å². The van der Waals surface area contributed by atoms with Crippen molar-refractivity contribution in [1.82, 2.24) is 5.32 Å². The van der Waals surface area contributed by atoms with Gasteiger partial charge in [-0.05, 0) is 18.8 Å². The molecule has 124 valence electrons. The number of primary amides is 1. The van der Waals surface area contributed by atoms with Crippen molar-refractivity contribution in [2.24, 2.45) is 11.7 Å². The number of nitrogens with one attached hydrogen (secondary N) is 1. The summed E-state index contributed by atoms with van der Waals surface area (Å²) in [5.41, 5.74) is 4.23. The van der Waals surface area contributed by atoms with E-state index in [1.165, 1.54) is 0 Å². The topological polar surface area (TPSA) is 89.3 Å². The maximum absolute atomic E-state index is 13.6. The summed E-state index contributed by atoms with van der Waals surface area (Å²) >= 11 is 0. The average Bonchev–Trinajstić information content (AvgIpc) is 2.43. The number of halogens is 3. The zero-order chi connectivity index (χ0) is 17.1. The number of hydrogen-bond acceptors (Lipinski definition) is 3. The quantitative estimate of drug-likeness (QED) is 0.876. The number of ketones is 1. The van der Waals surface area contributed by atoms with Crippen LogP contribution in [0.25, 0.3) is 0 Å². The van der Waals surface area contributed by atoms with Gasteiger partial charge in [0, 0.05) is 25.0 Å². The third-order valence-electron chi connectivity index (χ3n) is 3.82. The van der Waals surface area contributed by atoms with Crippen LogP contribution in [0.4, 0.5) is 13.2 Å². The van der Waals surface area contributed by atoms with Crippen molar-refractivity contribution in [1.29, 1.82) is 0 Å². The molecule has 0 aliphatic heterocycles. The fraction of sp³-hybridized carbons (Fsp3) is 0.400. The Labute approximate surface area is 130 Å². The maximum atomic E-state index is 13.6. The molecule has 8 heteroatoms. The Morgan fingerprint density at radius 2 is 1.83 bits per heavy atom. The van der Waals surface area contributed by atoms with Gasteiger partial charge in [-0.15, -0.1) is 0 Å². The predicted molar refractivity (Wildman–Crippen MR) is 73.7 cm³/mol. The number of carbonyl (C=O) groups is 3. The van der Waals surface area contributed by atoms with Crippen molar-refractivity contribution >= 4 is 17.6 Å². The van der Waals surface area contributed by atoms with Gasteiger partial charge in [-0.3, -0.25) is 14.4 Å². The second kappa shape index (κ2) is 6.80. The summed E-state index contributed by atoms with van der Waals surface area (Å²) in [6, 6.07) is -0.501. The first-order valence-electron chi connectivity index (χ1n) is 7.06. The SMILES string of the molecule is NC(=O)[C@@H](NC(=O)c1c(F)cc(F)cc1F)[C@H]1CCCC(=O)C1. The number of nitrogens with two attached hydrogens (primary N) is 1. The zero-order valence-corrected chi connectivity index (χ0v) is 12.1. The third-order valence-corrected chi connectivity index (χ3v) is 3.82. The second-order valence-electron chi connectivity index (χ2n) is 5.49. The normalized spacial score (nSPS) is 19.3. The molecule has 0 heterocycles. The van der Waals surface area contributed by atoms with Crippen LogP contribution in [0, 0.1) is 23.4 Å². The van der Waals surface area contributed by atoms with Crippen molar-refractivity contribution in [2.45, 2.75) is 31.7 Å². The lowest BCUT2D eigenvalue weighted by molar-refractivity contribution is -0.124. The molecule has 1 aliphatic rings. The molecule has 0 bridgehead atoms. The molecule has 1 saturated carbocycles. The Balaban J connectivity index is 2.22. The van der Waals surface area contributed by atoms with Crippen LogP contribution in [-0.2, 0) is 9.59 Å². The number of benzene rings is 1. The maximum Gasteiger partial charge on any atom is 0.257 e. The van der Waals surface area contributed by atoms with Crippen LogP contribution < -0.4 is 11.1 Å². The molecule has 0 spiro atoms. The summed E-state index contributed by atoms with van der Waals surface area (Å²) in [6.07, 6.45) is 1.47. The number of Topliss-reactive ketones (excluding diaryl/α,β-unsaturated/α-hetero) is 1. The smallest absolute Gasteiger partial charge is 0.257 e. The van der Waals surface area contributed by atoms with Crippen molar-refractivity contribution < 1.29 is 27.6 Å². The molecule has 23 heavy (non-hydrogen) atoms. The van der Waals surface area contributed by atoms with E-state index < -0.39 is 46.8 Å². The summed E-state index contributed by atoms with van der Waals surface area (Å²) in [7, 11) is 0. The number of rotatable bonds is 4. The highest BCUT2D eigenvalue weighted by molar-refractivity contribution is 5.98. The summed E-state index contributed by atoms with van der Waals surface area (Å²) in [5, 5.41) is 2.16. The number of carbonyl (C=O) groups excluding carboxylic acids is 3. The fourth-order valence-electron chi connectivity index (χ4n) is 2.74. The molecular weight excluding hydrogens is 313 g/mol. The van der Waals surface area contributed by atoms with Crippen molar-refractivity contribution in [2.75, 3.05) is 0 Å². The standard InChI is InChI=1S/C15H15F3N2O3/c16-8-5-10(17)12(11(18)6-8)15(23)20-13(14(19)22)7-2-1-3-9(21)4-7/h5-7,13H,1-4H2,(H2,19,22)(H,20,23)/t7-,13-/m0/s1. The Bertz CT molecular complexity index is 640. The van der Waals surface area contributed by atoms with Gasteiger partial charge < -0.3 is 11.1 Å². The number of amides is 2. The summed E-state index contributed by atoms with van der Waals surface area (Å²) in [6.45, 7) is 0. The van der Waals surface area contributed by atoms with Crippen LogP contribution in [-0.4, -0.2) is 23.6 Å². The first-order chi connectivity index (χ1) is 10.8. The monoisotopic (exact) mass is 328 g/mol. The molecule has 0 saturated heterocycles. The Morgan fingerprint density at radius 1 is 1.22 bits per heavy atom. The molecule has 2 atom stereocenters. The molecule has 1 aliphatic carbocycles. The van der Waals surface area contributed by atoms with Gasteiger partial charge in [0.1, 0.15) is 34.8 Å². The fourth-order valence-corrected chi connectivity index (χ4v) is 2.74. The van der Waals surface area contributed by atoms with Crippen LogP contribution in [0.3, 0.4) is 0 Å². The first kappa shape index (κ1) is 17.0. The van der Waals surface area contributed by atoms with E-state index in [1.807, 2.05) is 0 Å². The van der Waals surface area contributed by atoms with E-state index in [-0.39, 0.29) is 12.2 Å². The van der Waals surface area contributed by atoms with E-state index in [2.05, 4.69) is 5.32 Å². The Morgan fingerprint density at radius 3 is 2.35 bits per heavy atom. The lowest BCUT2D eigenvalue weighted by atomic mass is 9.82. The van der Waals surface area contributed by atoms with E-state index in [9.17, 15) is 27.6 Å². The number of hydrogen-bond donors (Lipinski definition) is 2. The molecule has 0 unspecified atom stereocenters. The summed E-state index contributed by atoms with van der Waals surface area (Å²) < 4.78 is 40.1. The minimum absolute atomic E-state index is 0.0578. The van der Waals surface area contributed by atoms with Crippen LogP contribution in [0.1, 0.15) is 36.0 Å². The van der Waals surface area contributed by atoms with E-state index in [1.54, 1.807) is 0 Å². The van der Waals surface area contributed by atoms with Gasteiger partial charge in [-0.25, -0.2) is 13.2 Å². The van der Waals surface area contributed by atoms with Crippen molar-refractivity contribution in [3.63, 3.8) is 0 Å².